The molecular weight excluding hydrogens is 248 g/mol. The molecule has 0 saturated heterocycles. The van der Waals surface area contributed by atoms with Crippen molar-refractivity contribution in [2.75, 3.05) is 6.54 Å². The van der Waals surface area contributed by atoms with Gasteiger partial charge in [0.25, 0.3) is 0 Å². The summed E-state index contributed by atoms with van der Waals surface area (Å²) in [4.78, 5) is 11.1. The summed E-state index contributed by atoms with van der Waals surface area (Å²) < 4.78 is 0. The van der Waals surface area contributed by atoms with Crippen molar-refractivity contribution in [2.24, 2.45) is 5.73 Å². The number of carbonyl (C=O) groups is 1. The average molecular weight is 282 g/mol. The van der Waals surface area contributed by atoms with Crippen molar-refractivity contribution in [1.82, 2.24) is 5.32 Å². The molecule has 0 aromatic heterocycles. The molecule has 20 heavy (non-hydrogen) atoms. The van der Waals surface area contributed by atoms with E-state index in [9.17, 15) is 4.79 Å². The van der Waals surface area contributed by atoms with Gasteiger partial charge < -0.3 is 11.1 Å². The second-order valence-corrected chi connectivity index (χ2v) is 6.15. The first kappa shape index (κ1) is 19.2. The number of unbranched alkanes of at least 4 members (excludes halogenated alkanes) is 5. The molecule has 0 aliphatic rings. The van der Waals surface area contributed by atoms with Crippen LogP contribution < -0.4 is 11.1 Å². The van der Waals surface area contributed by atoms with E-state index in [2.05, 4.69) is 32.7 Å². The van der Waals surface area contributed by atoms with Crippen LogP contribution in [0.4, 0.5) is 0 Å². The zero-order valence-corrected chi connectivity index (χ0v) is 13.8. The lowest BCUT2D eigenvalue weighted by atomic mass is 9.88. The highest BCUT2D eigenvalue weighted by Gasteiger charge is 2.23. The van der Waals surface area contributed by atoms with Crippen molar-refractivity contribution >= 4 is 5.91 Å². The normalized spacial score (nSPS) is 13.9. The summed E-state index contributed by atoms with van der Waals surface area (Å²) in [6.07, 6.45) is 11.1. The average Bonchev–Trinajstić information content (AvgIpc) is 2.41. The second-order valence-electron chi connectivity index (χ2n) is 6.15. The van der Waals surface area contributed by atoms with Gasteiger partial charge in [-0.15, -0.1) is 0 Å². The van der Waals surface area contributed by atoms with Crippen LogP contribution in [0.3, 0.4) is 0 Å². The molecule has 3 heteroatoms. The number of nitrogens with two attached hydrogens (primary N) is 1. The minimum Gasteiger partial charge on any atom is -0.366 e. The first-order chi connectivity index (χ1) is 9.45. The highest BCUT2D eigenvalue weighted by molar-refractivity contribution is 5.91. The predicted octanol–water partition coefficient (Wildman–Crippen LogP) is 3.93. The van der Waals surface area contributed by atoms with Gasteiger partial charge in [0.05, 0.1) is 0 Å². The molecule has 0 saturated carbocycles. The Morgan fingerprint density at radius 2 is 1.55 bits per heavy atom. The number of hydrogen-bond donors (Lipinski definition) is 2. The molecule has 0 radical (unpaired) electrons. The van der Waals surface area contributed by atoms with Crippen molar-refractivity contribution in [2.45, 2.75) is 84.1 Å². The summed E-state index contributed by atoms with van der Waals surface area (Å²) in [5.74, 6) is -0.403. The van der Waals surface area contributed by atoms with Crippen LogP contribution >= 0.6 is 0 Å². The summed E-state index contributed by atoms with van der Waals surface area (Å²) in [6.45, 7) is 11.0. The number of rotatable bonds is 13. The molecule has 3 N–H and O–H groups in total. The van der Waals surface area contributed by atoms with E-state index in [0.717, 1.165) is 12.8 Å². The van der Waals surface area contributed by atoms with Crippen LogP contribution in [-0.4, -0.2) is 18.0 Å². The maximum Gasteiger partial charge on any atom is 0.245 e. The van der Waals surface area contributed by atoms with Crippen molar-refractivity contribution in [1.29, 1.82) is 0 Å². The van der Waals surface area contributed by atoms with Crippen molar-refractivity contribution in [3.05, 3.63) is 12.2 Å². The van der Waals surface area contributed by atoms with E-state index in [1.165, 1.54) is 44.9 Å². The number of hydrogen-bond acceptors (Lipinski definition) is 2. The molecule has 0 spiro atoms. The molecule has 1 unspecified atom stereocenters. The van der Waals surface area contributed by atoms with E-state index in [1.807, 2.05) is 0 Å². The Labute approximate surface area is 125 Å². The molecule has 0 aromatic rings. The largest absolute Gasteiger partial charge is 0.366 e. The fourth-order valence-electron chi connectivity index (χ4n) is 2.42. The fourth-order valence-corrected chi connectivity index (χ4v) is 2.42. The summed E-state index contributed by atoms with van der Waals surface area (Å²) in [5, 5.41) is 3.51. The quantitative estimate of drug-likeness (QED) is 0.397. The van der Waals surface area contributed by atoms with Crippen LogP contribution in [0.25, 0.3) is 0 Å². The number of amides is 1. The van der Waals surface area contributed by atoms with Gasteiger partial charge in [0.1, 0.15) is 0 Å². The maximum absolute atomic E-state index is 11.1. The minimum absolute atomic E-state index is 0.0985. The lowest BCUT2D eigenvalue weighted by Gasteiger charge is -2.31. The zero-order chi connectivity index (χ0) is 15.4. The van der Waals surface area contributed by atoms with Gasteiger partial charge in [0.15, 0.2) is 0 Å². The van der Waals surface area contributed by atoms with E-state index in [4.69, 9.17) is 5.73 Å². The minimum atomic E-state index is -0.403. The summed E-state index contributed by atoms with van der Waals surface area (Å²) >= 11 is 0. The molecule has 0 aliphatic carbocycles. The van der Waals surface area contributed by atoms with E-state index in [0.29, 0.717) is 12.1 Å². The molecule has 0 rings (SSSR count). The number of primary amides is 1. The van der Waals surface area contributed by atoms with E-state index in [-0.39, 0.29) is 5.54 Å². The van der Waals surface area contributed by atoms with Gasteiger partial charge in [-0.2, -0.15) is 0 Å². The van der Waals surface area contributed by atoms with E-state index in [1.54, 1.807) is 0 Å². The van der Waals surface area contributed by atoms with E-state index >= 15 is 0 Å². The predicted molar refractivity (Wildman–Crippen MR) is 87.6 cm³/mol. The standard InChI is InChI=1S/C17H34N2O/c1-5-7-9-11-13-17(4,12-10-8-6-2)19-14-15(3)16(18)20/h19H,3,5-14H2,1-2,4H3,(H2,18,20). The Hall–Kier alpha value is -0.830. The topological polar surface area (TPSA) is 55.1 Å². The Kier molecular flexibility index (Phi) is 10.4. The molecule has 118 valence electrons. The SMILES string of the molecule is C=C(CNC(C)(CCCCC)CCCCCC)C(N)=O. The molecule has 0 fully saturated rings. The van der Waals surface area contributed by atoms with Gasteiger partial charge >= 0.3 is 0 Å². The molecular formula is C17H34N2O. The smallest absolute Gasteiger partial charge is 0.245 e. The van der Waals surface area contributed by atoms with Gasteiger partial charge in [-0.1, -0.05) is 65.4 Å². The first-order valence-electron chi connectivity index (χ1n) is 8.17. The molecule has 0 aromatic carbocycles. The fraction of sp³-hybridized carbons (Fsp3) is 0.824. The summed E-state index contributed by atoms with van der Waals surface area (Å²) in [6, 6.07) is 0. The highest BCUT2D eigenvalue weighted by atomic mass is 16.1. The third-order valence-corrected chi connectivity index (χ3v) is 3.99. The molecule has 0 aliphatic heterocycles. The molecule has 0 heterocycles. The van der Waals surface area contributed by atoms with E-state index < -0.39 is 5.91 Å². The van der Waals surface area contributed by atoms with Crippen LogP contribution in [-0.2, 0) is 4.79 Å². The summed E-state index contributed by atoms with van der Waals surface area (Å²) in [7, 11) is 0. The Morgan fingerprint density at radius 1 is 1.05 bits per heavy atom. The van der Waals surface area contributed by atoms with Crippen LogP contribution in [0.5, 0.6) is 0 Å². The number of nitrogens with one attached hydrogen (secondary N) is 1. The van der Waals surface area contributed by atoms with Gasteiger partial charge in [-0.05, 0) is 19.8 Å². The van der Waals surface area contributed by atoms with Crippen LogP contribution in [0.1, 0.15) is 78.6 Å². The van der Waals surface area contributed by atoms with Crippen LogP contribution in [0, 0.1) is 0 Å². The summed E-state index contributed by atoms with van der Waals surface area (Å²) in [5.41, 5.74) is 5.82. The van der Waals surface area contributed by atoms with Crippen molar-refractivity contribution < 1.29 is 4.79 Å². The highest BCUT2D eigenvalue weighted by Crippen LogP contribution is 2.22. The zero-order valence-electron chi connectivity index (χ0n) is 13.8. The maximum atomic E-state index is 11.1. The lowest BCUT2D eigenvalue weighted by Crippen LogP contribution is -2.44. The third-order valence-electron chi connectivity index (χ3n) is 3.99. The van der Waals surface area contributed by atoms with Gasteiger partial charge in [-0.25, -0.2) is 0 Å². The second kappa shape index (κ2) is 10.9. The van der Waals surface area contributed by atoms with Gasteiger partial charge in [-0.3, -0.25) is 4.79 Å². The van der Waals surface area contributed by atoms with Crippen LogP contribution in [0.15, 0.2) is 12.2 Å². The molecule has 1 atom stereocenters. The molecule has 3 nitrogen and oxygen atoms in total. The Morgan fingerprint density at radius 3 is 2.05 bits per heavy atom. The number of carbonyl (C=O) groups excluding carboxylic acids is 1. The monoisotopic (exact) mass is 282 g/mol. The van der Waals surface area contributed by atoms with Crippen molar-refractivity contribution in [3.63, 3.8) is 0 Å². The first-order valence-corrected chi connectivity index (χ1v) is 8.17. The van der Waals surface area contributed by atoms with Gasteiger partial charge in [0, 0.05) is 17.7 Å². The lowest BCUT2D eigenvalue weighted by molar-refractivity contribution is -0.114. The Bertz CT molecular complexity index is 289. The van der Waals surface area contributed by atoms with Crippen molar-refractivity contribution in [3.8, 4) is 0 Å². The van der Waals surface area contributed by atoms with Crippen LogP contribution in [0.2, 0.25) is 0 Å². The Balaban J connectivity index is 4.28. The molecule has 1 amide bonds. The third kappa shape index (κ3) is 9.13. The molecule has 0 bridgehead atoms. The van der Waals surface area contributed by atoms with Gasteiger partial charge in [0.2, 0.25) is 5.91 Å².